The van der Waals surface area contributed by atoms with Crippen LogP contribution in [0.4, 0.5) is 0 Å². The van der Waals surface area contributed by atoms with Crippen LogP contribution in [0.3, 0.4) is 0 Å². The highest BCUT2D eigenvalue weighted by Gasteiger charge is 2.24. The molecule has 4 heteroatoms. The lowest BCUT2D eigenvalue weighted by molar-refractivity contribution is 0.378. The fourth-order valence-electron chi connectivity index (χ4n) is 1.40. The van der Waals surface area contributed by atoms with E-state index in [4.69, 9.17) is 0 Å². The molecule has 1 aliphatic heterocycles. The molecular formula is C8H17NO2S. The second-order valence-corrected chi connectivity index (χ2v) is 6.15. The zero-order valence-electron chi connectivity index (χ0n) is 7.71. The summed E-state index contributed by atoms with van der Waals surface area (Å²) >= 11 is 0. The Morgan fingerprint density at radius 1 is 1.42 bits per heavy atom. The Kier molecular flexibility index (Phi) is 3.12. The van der Waals surface area contributed by atoms with Crippen molar-refractivity contribution >= 4 is 9.84 Å². The predicted octanol–water partition coefficient (Wildman–Crippen LogP) is 0.277. The predicted molar refractivity (Wildman–Crippen MR) is 49.9 cm³/mol. The van der Waals surface area contributed by atoms with Gasteiger partial charge in [0.2, 0.25) is 0 Å². The van der Waals surface area contributed by atoms with E-state index in [9.17, 15) is 8.42 Å². The first-order valence-corrected chi connectivity index (χ1v) is 6.23. The van der Waals surface area contributed by atoms with Crippen LogP contribution in [0.2, 0.25) is 0 Å². The van der Waals surface area contributed by atoms with Gasteiger partial charge in [-0.05, 0) is 11.8 Å². The summed E-state index contributed by atoms with van der Waals surface area (Å²) in [5, 5.41) is 3.07. The van der Waals surface area contributed by atoms with Crippen LogP contribution in [-0.4, -0.2) is 33.0 Å². The first kappa shape index (κ1) is 9.99. The molecule has 0 aromatic carbocycles. The van der Waals surface area contributed by atoms with E-state index in [1.807, 2.05) is 13.8 Å². The zero-order valence-corrected chi connectivity index (χ0v) is 8.52. The van der Waals surface area contributed by atoms with Crippen LogP contribution in [-0.2, 0) is 9.84 Å². The fourth-order valence-corrected chi connectivity index (χ4v) is 3.51. The third-order valence-electron chi connectivity index (χ3n) is 1.94. The van der Waals surface area contributed by atoms with Crippen molar-refractivity contribution in [3.63, 3.8) is 0 Å². The molecule has 1 heterocycles. The molecule has 0 aliphatic carbocycles. The zero-order chi connectivity index (χ0) is 9.19. The maximum Gasteiger partial charge on any atom is 0.150 e. The van der Waals surface area contributed by atoms with Crippen molar-refractivity contribution in [3.05, 3.63) is 0 Å². The summed E-state index contributed by atoms with van der Waals surface area (Å²) in [5.74, 6) is 1.33. The molecule has 1 aliphatic rings. The van der Waals surface area contributed by atoms with E-state index < -0.39 is 9.84 Å². The molecule has 0 bridgehead atoms. The van der Waals surface area contributed by atoms with Crippen molar-refractivity contribution < 1.29 is 8.42 Å². The van der Waals surface area contributed by atoms with Gasteiger partial charge in [-0.25, -0.2) is 8.42 Å². The standard InChI is InChI=1S/C8H17NO2S/c1-7(2)5-12(10,11)6-8-3-9-4-8/h7-9H,3-6H2,1-2H3. The Morgan fingerprint density at radius 2 is 2.00 bits per heavy atom. The Bertz CT molecular complexity index is 229. The average Bonchev–Trinajstić information content (AvgIpc) is 1.76. The van der Waals surface area contributed by atoms with Gasteiger partial charge in [-0.15, -0.1) is 0 Å². The number of sulfone groups is 1. The van der Waals surface area contributed by atoms with Crippen LogP contribution in [0.15, 0.2) is 0 Å². The smallest absolute Gasteiger partial charge is 0.150 e. The van der Waals surface area contributed by atoms with Crippen LogP contribution >= 0.6 is 0 Å². The molecule has 0 radical (unpaired) electrons. The van der Waals surface area contributed by atoms with Crippen LogP contribution < -0.4 is 5.32 Å². The molecule has 0 aromatic rings. The summed E-state index contributed by atoms with van der Waals surface area (Å²) in [6, 6.07) is 0. The summed E-state index contributed by atoms with van der Waals surface area (Å²) in [6.45, 7) is 5.63. The van der Waals surface area contributed by atoms with E-state index in [0.29, 0.717) is 17.4 Å². The molecule has 12 heavy (non-hydrogen) atoms. The van der Waals surface area contributed by atoms with Gasteiger partial charge in [-0.1, -0.05) is 13.8 Å². The van der Waals surface area contributed by atoms with Gasteiger partial charge in [-0.2, -0.15) is 0 Å². The maximum atomic E-state index is 11.4. The third-order valence-corrected chi connectivity index (χ3v) is 4.10. The molecule has 0 saturated carbocycles. The Balaban J connectivity index is 2.37. The van der Waals surface area contributed by atoms with Crippen LogP contribution in [0, 0.1) is 11.8 Å². The Labute approximate surface area is 74.5 Å². The highest BCUT2D eigenvalue weighted by molar-refractivity contribution is 7.91. The average molecular weight is 191 g/mol. The van der Waals surface area contributed by atoms with E-state index >= 15 is 0 Å². The first-order chi connectivity index (χ1) is 5.49. The molecule has 0 spiro atoms. The molecule has 1 fully saturated rings. The molecule has 1 rings (SSSR count). The van der Waals surface area contributed by atoms with Crippen molar-refractivity contribution in [3.8, 4) is 0 Å². The van der Waals surface area contributed by atoms with Crippen LogP contribution in [0.1, 0.15) is 13.8 Å². The minimum absolute atomic E-state index is 0.253. The Hall–Kier alpha value is -0.0900. The SMILES string of the molecule is CC(C)CS(=O)(=O)CC1CNC1. The number of nitrogens with one attached hydrogen (secondary N) is 1. The van der Waals surface area contributed by atoms with E-state index in [0.717, 1.165) is 13.1 Å². The second-order valence-electron chi connectivity index (χ2n) is 4.00. The molecule has 72 valence electrons. The third kappa shape index (κ3) is 3.11. The van der Waals surface area contributed by atoms with E-state index in [2.05, 4.69) is 5.32 Å². The maximum absolute atomic E-state index is 11.4. The van der Waals surface area contributed by atoms with Gasteiger partial charge in [0.25, 0.3) is 0 Å². The molecule has 0 unspecified atom stereocenters. The lowest BCUT2D eigenvalue weighted by Gasteiger charge is -2.26. The van der Waals surface area contributed by atoms with E-state index in [1.54, 1.807) is 0 Å². The minimum Gasteiger partial charge on any atom is -0.316 e. The highest BCUT2D eigenvalue weighted by atomic mass is 32.2. The summed E-state index contributed by atoms with van der Waals surface area (Å²) in [7, 11) is -2.78. The van der Waals surface area contributed by atoms with E-state index in [1.165, 1.54) is 0 Å². The number of hydrogen-bond acceptors (Lipinski definition) is 3. The molecule has 3 nitrogen and oxygen atoms in total. The molecule has 1 saturated heterocycles. The van der Waals surface area contributed by atoms with Crippen molar-refractivity contribution in [1.82, 2.24) is 5.32 Å². The van der Waals surface area contributed by atoms with Crippen molar-refractivity contribution in [2.24, 2.45) is 11.8 Å². The Morgan fingerprint density at radius 3 is 2.33 bits per heavy atom. The summed E-state index contributed by atoms with van der Waals surface area (Å²) < 4.78 is 22.8. The normalized spacial score (nSPS) is 19.6. The summed E-state index contributed by atoms with van der Waals surface area (Å²) in [4.78, 5) is 0. The van der Waals surface area contributed by atoms with Crippen molar-refractivity contribution in [2.75, 3.05) is 24.6 Å². The van der Waals surface area contributed by atoms with Gasteiger partial charge < -0.3 is 5.32 Å². The van der Waals surface area contributed by atoms with Gasteiger partial charge in [0.1, 0.15) is 0 Å². The van der Waals surface area contributed by atoms with Crippen LogP contribution in [0.25, 0.3) is 0 Å². The molecule has 0 amide bonds. The largest absolute Gasteiger partial charge is 0.316 e. The van der Waals surface area contributed by atoms with Crippen molar-refractivity contribution in [1.29, 1.82) is 0 Å². The quantitative estimate of drug-likeness (QED) is 0.694. The molecule has 0 atom stereocenters. The molecule has 0 aromatic heterocycles. The highest BCUT2D eigenvalue weighted by Crippen LogP contribution is 2.09. The minimum atomic E-state index is -2.78. The van der Waals surface area contributed by atoms with Gasteiger partial charge in [-0.3, -0.25) is 0 Å². The second kappa shape index (κ2) is 3.75. The number of rotatable bonds is 4. The van der Waals surface area contributed by atoms with Gasteiger partial charge in [0.05, 0.1) is 11.5 Å². The lowest BCUT2D eigenvalue weighted by atomic mass is 10.1. The first-order valence-electron chi connectivity index (χ1n) is 4.41. The lowest BCUT2D eigenvalue weighted by Crippen LogP contribution is -2.46. The van der Waals surface area contributed by atoms with Gasteiger partial charge >= 0.3 is 0 Å². The molecular weight excluding hydrogens is 174 g/mol. The summed E-state index contributed by atoms with van der Waals surface area (Å²) in [5.41, 5.74) is 0. The monoisotopic (exact) mass is 191 g/mol. The molecule has 1 N–H and O–H groups in total. The van der Waals surface area contributed by atoms with Crippen molar-refractivity contribution in [2.45, 2.75) is 13.8 Å². The van der Waals surface area contributed by atoms with Gasteiger partial charge in [0, 0.05) is 13.1 Å². The number of hydrogen-bond donors (Lipinski definition) is 1. The fraction of sp³-hybridized carbons (Fsp3) is 1.00. The van der Waals surface area contributed by atoms with Gasteiger partial charge in [0.15, 0.2) is 9.84 Å². The van der Waals surface area contributed by atoms with E-state index in [-0.39, 0.29) is 5.92 Å². The van der Waals surface area contributed by atoms with Crippen LogP contribution in [0.5, 0.6) is 0 Å². The summed E-state index contributed by atoms with van der Waals surface area (Å²) in [6.07, 6.45) is 0. The topological polar surface area (TPSA) is 46.2 Å².